The topological polar surface area (TPSA) is 35.2 Å². The molecule has 11 heavy (non-hydrogen) atoms. The lowest BCUT2D eigenvalue weighted by Gasteiger charge is -2.18. The third-order valence-electron chi connectivity index (χ3n) is 2.33. The summed E-state index contributed by atoms with van der Waals surface area (Å²) in [4.78, 5) is 0. The predicted octanol–water partition coefficient (Wildman–Crippen LogP) is 1.93. The Bertz CT molecular complexity index is 226. The van der Waals surface area contributed by atoms with Crippen LogP contribution in [0.4, 0.5) is 0 Å². The van der Waals surface area contributed by atoms with E-state index in [0.717, 1.165) is 24.3 Å². The summed E-state index contributed by atoms with van der Waals surface area (Å²) in [6, 6.07) is 0. The molecule has 0 atom stereocenters. The lowest BCUT2D eigenvalue weighted by molar-refractivity contribution is 0.270. The number of hydrogen-bond donors (Lipinski definition) is 1. The molecule has 0 fully saturated rings. The quantitative estimate of drug-likeness (QED) is 0.624. The van der Waals surface area contributed by atoms with Gasteiger partial charge in [-0.25, -0.2) is 0 Å². The number of rotatable bonds is 1. The molecule has 2 nitrogen and oxygen atoms in total. The van der Waals surface area contributed by atoms with Gasteiger partial charge in [0.1, 0.15) is 0 Å². The van der Waals surface area contributed by atoms with Gasteiger partial charge >= 0.3 is 0 Å². The van der Waals surface area contributed by atoms with Crippen LogP contribution < -0.4 is 5.73 Å². The number of methoxy groups -OCH3 is 1. The van der Waals surface area contributed by atoms with Gasteiger partial charge in [0.2, 0.25) is 0 Å². The first kappa shape index (κ1) is 8.18. The van der Waals surface area contributed by atoms with Crippen LogP contribution in [-0.4, -0.2) is 7.11 Å². The number of allylic oxidation sites excluding steroid dienone is 4. The van der Waals surface area contributed by atoms with Gasteiger partial charge in [-0.15, -0.1) is 0 Å². The Morgan fingerprint density at radius 1 is 1.18 bits per heavy atom. The second-order valence-corrected chi connectivity index (χ2v) is 2.90. The smallest absolute Gasteiger partial charge is 0.0991 e. The highest BCUT2D eigenvalue weighted by Crippen LogP contribution is 2.27. The van der Waals surface area contributed by atoms with Crippen molar-refractivity contribution in [1.82, 2.24) is 0 Å². The van der Waals surface area contributed by atoms with Crippen molar-refractivity contribution < 1.29 is 4.74 Å². The summed E-state index contributed by atoms with van der Waals surface area (Å²) in [6.07, 6.45) is 1.89. The Morgan fingerprint density at radius 2 is 1.82 bits per heavy atom. The third kappa shape index (κ3) is 1.39. The molecule has 2 N–H and O–H groups in total. The van der Waals surface area contributed by atoms with Crippen LogP contribution in [-0.2, 0) is 4.74 Å². The van der Waals surface area contributed by atoms with Crippen LogP contribution in [0.1, 0.15) is 26.7 Å². The Labute approximate surface area is 67.7 Å². The summed E-state index contributed by atoms with van der Waals surface area (Å²) in [6.45, 7) is 4.10. The van der Waals surface area contributed by atoms with Gasteiger partial charge in [0, 0.05) is 12.1 Å². The molecule has 2 heteroatoms. The summed E-state index contributed by atoms with van der Waals surface area (Å²) in [7, 11) is 1.72. The molecule has 0 aromatic heterocycles. The zero-order chi connectivity index (χ0) is 8.43. The van der Waals surface area contributed by atoms with E-state index in [2.05, 4.69) is 6.92 Å². The average Bonchev–Trinajstić information content (AvgIpc) is 2.01. The number of ether oxygens (including phenoxy) is 1. The molecule has 0 aromatic rings. The average molecular weight is 153 g/mol. The molecular formula is C9H15NO. The summed E-state index contributed by atoms with van der Waals surface area (Å²) < 4.78 is 5.21. The van der Waals surface area contributed by atoms with E-state index in [4.69, 9.17) is 10.5 Å². The standard InChI is InChI=1S/C9H15NO/c1-6-7(2)9(11-3)5-4-8(6)10/h4-5,10H2,1-3H3. The highest BCUT2D eigenvalue weighted by molar-refractivity contribution is 5.36. The van der Waals surface area contributed by atoms with Gasteiger partial charge in [0.25, 0.3) is 0 Å². The van der Waals surface area contributed by atoms with Gasteiger partial charge in [-0.2, -0.15) is 0 Å². The fourth-order valence-electron chi connectivity index (χ4n) is 1.33. The minimum absolute atomic E-state index is 0.937. The maximum Gasteiger partial charge on any atom is 0.0991 e. The fraction of sp³-hybridized carbons (Fsp3) is 0.556. The van der Waals surface area contributed by atoms with Crippen molar-refractivity contribution in [2.45, 2.75) is 26.7 Å². The predicted molar refractivity (Wildman–Crippen MR) is 45.8 cm³/mol. The zero-order valence-electron chi connectivity index (χ0n) is 7.40. The van der Waals surface area contributed by atoms with Crippen molar-refractivity contribution in [3.63, 3.8) is 0 Å². The second-order valence-electron chi connectivity index (χ2n) is 2.90. The lowest BCUT2D eigenvalue weighted by atomic mass is 9.96. The molecule has 1 aliphatic rings. The molecule has 0 bridgehead atoms. The molecular weight excluding hydrogens is 138 g/mol. The van der Waals surface area contributed by atoms with E-state index in [-0.39, 0.29) is 0 Å². The Kier molecular flexibility index (Phi) is 2.22. The van der Waals surface area contributed by atoms with Crippen molar-refractivity contribution in [3.05, 3.63) is 22.6 Å². The molecule has 0 amide bonds. The van der Waals surface area contributed by atoms with E-state index in [1.54, 1.807) is 7.11 Å². The first-order valence-electron chi connectivity index (χ1n) is 3.86. The molecule has 62 valence electrons. The van der Waals surface area contributed by atoms with Gasteiger partial charge in [-0.1, -0.05) is 0 Å². The molecule has 0 aromatic carbocycles. The summed E-state index contributed by atoms with van der Waals surface area (Å²) >= 11 is 0. The Morgan fingerprint density at radius 3 is 2.36 bits per heavy atom. The van der Waals surface area contributed by atoms with Crippen LogP contribution in [0.5, 0.6) is 0 Å². The Balaban J connectivity index is 2.98. The maximum absolute atomic E-state index is 5.78. The normalized spacial score (nSPS) is 19.2. The molecule has 0 aliphatic heterocycles. The van der Waals surface area contributed by atoms with E-state index < -0.39 is 0 Å². The summed E-state index contributed by atoms with van der Waals surface area (Å²) in [5.74, 6) is 1.08. The van der Waals surface area contributed by atoms with E-state index >= 15 is 0 Å². The van der Waals surface area contributed by atoms with Gasteiger partial charge in [0.05, 0.1) is 12.9 Å². The SMILES string of the molecule is COC1=C(C)C(C)=C(N)CC1. The van der Waals surface area contributed by atoms with Crippen molar-refractivity contribution in [3.8, 4) is 0 Å². The van der Waals surface area contributed by atoms with Crippen LogP contribution in [0.3, 0.4) is 0 Å². The minimum Gasteiger partial charge on any atom is -0.501 e. The molecule has 0 saturated carbocycles. The molecule has 1 aliphatic carbocycles. The van der Waals surface area contributed by atoms with E-state index in [1.165, 1.54) is 11.1 Å². The molecule has 0 heterocycles. The molecule has 0 spiro atoms. The van der Waals surface area contributed by atoms with E-state index in [0.29, 0.717) is 0 Å². The molecule has 0 saturated heterocycles. The highest BCUT2D eigenvalue weighted by atomic mass is 16.5. The van der Waals surface area contributed by atoms with E-state index in [1.807, 2.05) is 6.92 Å². The van der Waals surface area contributed by atoms with Crippen LogP contribution >= 0.6 is 0 Å². The Hall–Kier alpha value is -0.920. The maximum atomic E-state index is 5.78. The van der Waals surface area contributed by atoms with Gasteiger partial charge in [-0.05, 0) is 31.4 Å². The van der Waals surface area contributed by atoms with Crippen LogP contribution in [0.2, 0.25) is 0 Å². The summed E-state index contributed by atoms with van der Waals surface area (Å²) in [5, 5.41) is 0. The first-order chi connectivity index (χ1) is 5.16. The minimum atomic E-state index is 0.937. The van der Waals surface area contributed by atoms with Crippen molar-refractivity contribution in [2.24, 2.45) is 5.73 Å². The molecule has 0 radical (unpaired) electrons. The van der Waals surface area contributed by atoms with Crippen LogP contribution in [0.15, 0.2) is 22.6 Å². The van der Waals surface area contributed by atoms with Gasteiger partial charge < -0.3 is 10.5 Å². The van der Waals surface area contributed by atoms with Crippen LogP contribution in [0.25, 0.3) is 0 Å². The lowest BCUT2D eigenvalue weighted by Crippen LogP contribution is -2.09. The highest BCUT2D eigenvalue weighted by Gasteiger charge is 2.13. The van der Waals surface area contributed by atoms with Crippen molar-refractivity contribution in [1.29, 1.82) is 0 Å². The molecule has 1 rings (SSSR count). The van der Waals surface area contributed by atoms with Crippen molar-refractivity contribution >= 4 is 0 Å². The van der Waals surface area contributed by atoms with Crippen LogP contribution in [0, 0.1) is 0 Å². The largest absolute Gasteiger partial charge is 0.501 e. The second kappa shape index (κ2) is 2.99. The first-order valence-corrected chi connectivity index (χ1v) is 3.86. The van der Waals surface area contributed by atoms with Crippen molar-refractivity contribution in [2.75, 3.05) is 7.11 Å². The zero-order valence-corrected chi connectivity index (χ0v) is 7.40. The van der Waals surface area contributed by atoms with E-state index in [9.17, 15) is 0 Å². The number of nitrogens with two attached hydrogens (primary N) is 1. The molecule has 0 unspecified atom stereocenters. The fourth-order valence-corrected chi connectivity index (χ4v) is 1.33. The van der Waals surface area contributed by atoms with Gasteiger partial charge in [0.15, 0.2) is 0 Å². The van der Waals surface area contributed by atoms with Gasteiger partial charge in [-0.3, -0.25) is 0 Å². The monoisotopic (exact) mass is 153 g/mol. The summed E-state index contributed by atoms with van der Waals surface area (Å²) in [5.41, 5.74) is 9.17. The third-order valence-corrected chi connectivity index (χ3v) is 2.33. The number of hydrogen-bond acceptors (Lipinski definition) is 2.